The molecule has 18 heavy (non-hydrogen) atoms. The van der Waals surface area contributed by atoms with Crippen LogP contribution >= 0.6 is 0 Å². The van der Waals surface area contributed by atoms with Crippen LogP contribution in [0.3, 0.4) is 0 Å². The van der Waals surface area contributed by atoms with Crippen LogP contribution in [-0.4, -0.2) is 29.9 Å². The number of nitro groups is 1. The van der Waals surface area contributed by atoms with E-state index in [0.29, 0.717) is 18.5 Å². The topological polar surface area (TPSA) is 107 Å². The second-order valence-corrected chi connectivity index (χ2v) is 6.20. The number of nitrogen functional groups attached to an aromatic ring is 1. The fraction of sp³-hybridized carbons (Fsp3) is 0.400. The van der Waals surface area contributed by atoms with E-state index in [4.69, 9.17) is 5.73 Å². The van der Waals surface area contributed by atoms with Gasteiger partial charge in [-0.25, -0.2) is 8.42 Å². The van der Waals surface area contributed by atoms with Gasteiger partial charge in [0.05, 0.1) is 10.7 Å². The largest absolute Gasteiger partial charge is 0.393 e. The van der Waals surface area contributed by atoms with Crippen LogP contribution in [0.4, 0.5) is 11.4 Å². The Morgan fingerprint density at radius 2 is 2.17 bits per heavy atom. The van der Waals surface area contributed by atoms with Gasteiger partial charge in [-0.05, 0) is 12.0 Å². The molecule has 2 N–H and O–H groups in total. The normalized spacial score (nSPS) is 18.9. The minimum atomic E-state index is -3.23. The van der Waals surface area contributed by atoms with Gasteiger partial charge in [0.15, 0.2) is 0 Å². The van der Waals surface area contributed by atoms with Crippen LogP contribution in [0.5, 0.6) is 0 Å². The predicted molar refractivity (Wildman–Crippen MR) is 66.3 cm³/mol. The fourth-order valence-electron chi connectivity index (χ4n) is 1.96. The maximum Gasteiger partial charge on any atom is 0.292 e. The molecule has 0 unspecified atom stereocenters. The molecule has 0 radical (unpaired) electrons. The Bertz CT molecular complexity index is 585. The van der Waals surface area contributed by atoms with Crippen molar-refractivity contribution in [3.8, 4) is 0 Å². The van der Waals surface area contributed by atoms with Crippen LogP contribution in [0.25, 0.3) is 0 Å². The summed E-state index contributed by atoms with van der Waals surface area (Å²) in [6.07, 6.45) is 0.581. The summed E-state index contributed by atoms with van der Waals surface area (Å²) < 4.78 is 24.6. The first-order chi connectivity index (χ1) is 8.42. The number of anilines is 1. The summed E-state index contributed by atoms with van der Waals surface area (Å²) in [4.78, 5) is 10.2. The lowest BCUT2D eigenvalue weighted by Gasteiger charge is -2.15. The lowest BCUT2D eigenvalue weighted by molar-refractivity contribution is -0.383. The van der Waals surface area contributed by atoms with Crippen molar-refractivity contribution in [2.24, 2.45) is 0 Å². The van der Waals surface area contributed by atoms with E-state index in [1.807, 2.05) is 0 Å². The van der Waals surface area contributed by atoms with E-state index in [2.05, 4.69) is 0 Å². The van der Waals surface area contributed by atoms with Crippen LogP contribution in [0.1, 0.15) is 12.0 Å². The van der Waals surface area contributed by atoms with Gasteiger partial charge in [0.25, 0.3) is 5.69 Å². The quantitative estimate of drug-likeness (QED) is 0.495. The molecule has 1 aliphatic rings. The Hall–Kier alpha value is -1.67. The SMILES string of the molecule is Nc1c(CN2CCCS2(=O)=O)cccc1[N+](=O)[O-]. The molecule has 0 spiro atoms. The molecular formula is C10H13N3O4S. The van der Waals surface area contributed by atoms with Gasteiger partial charge in [-0.15, -0.1) is 0 Å². The van der Waals surface area contributed by atoms with E-state index in [1.165, 1.54) is 16.4 Å². The Labute approximate surface area is 104 Å². The molecule has 0 saturated carbocycles. The molecule has 1 saturated heterocycles. The molecule has 1 fully saturated rings. The molecule has 7 nitrogen and oxygen atoms in total. The second-order valence-electron chi connectivity index (χ2n) is 4.11. The average Bonchev–Trinajstić information content (AvgIpc) is 2.61. The number of nitrogens with two attached hydrogens (primary N) is 1. The molecular weight excluding hydrogens is 258 g/mol. The van der Waals surface area contributed by atoms with Gasteiger partial charge >= 0.3 is 0 Å². The Morgan fingerprint density at radius 1 is 1.44 bits per heavy atom. The summed E-state index contributed by atoms with van der Waals surface area (Å²) in [5.74, 6) is 0.127. The van der Waals surface area contributed by atoms with Crippen molar-refractivity contribution in [1.82, 2.24) is 4.31 Å². The highest BCUT2D eigenvalue weighted by Crippen LogP contribution is 2.27. The summed E-state index contributed by atoms with van der Waals surface area (Å²) in [5.41, 5.74) is 6.00. The summed E-state index contributed by atoms with van der Waals surface area (Å²) >= 11 is 0. The minimum Gasteiger partial charge on any atom is -0.393 e. The highest BCUT2D eigenvalue weighted by Gasteiger charge is 2.29. The number of benzene rings is 1. The number of hydrogen-bond donors (Lipinski definition) is 1. The first-order valence-corrected chi connectivity index (χ1v) is 7.02. The van der Waals surface area contributed by atoms with Gasteiger partial charge in [-0.1, -0.05) is 12.1 Å². The lowest BCUT2D eigenvalue weighted by Crippen LogP contribution is -2.25. The highest BCUT2D eigenvalue weighted by atomic mass is 32.2. The second kappa shape index (κ2) is 4.54. The standard InChI is InChI=1S/C10H13N3O4S/c11-10-8(3-1-4-9(10)13(14)15)7-12-5-2-6-18(12,16)17/h1,3-4H,2,5-7,11H2. The number of sulfonamides is 1. The smallest absolute Gasteiger partial charge is 0.292 e. The number of rotatable bonds is 3. The van der Waals surface area contributed by atoms with E-state index in [-0.39, 0.29) is 23.7 Å². The molecule has 1 aromatic rings. The van der Waals surface area contributed by atoms with Gasteiger partial charge in [0.1, 0.15) is 5.69 Å². The lowest BCUT2D eigenvalue weighted by atomic mass is 10.1. The molecule has 1 heterocycles. The molecule has 0 aliphatic carbocycles. The van der Waals surface area contributed by atoms with E-state index < -0.39 is 14.9 Å². The molecule has 1 aromatic carbocycles. The van der Waals surface area contributed by atoms with E-state index in [1.54, 1.807) is 6.07 Å². The van der Waals surface area contributed by atoms with Crippen molar-refractivity contribution < 1.29 is 13.3 Å². The molecule has 8 heteroatoms. The summed E-state index contributed by atoms with van der Waals surface area (Å²) in [6.45, 7) is 0.528. The Balaban J connectivity index is 2.30. The van der Waals surface area contributed by atoms with Crippen molar-refractivity contribution in [3.63, 3.8) is 0 Å². The molecule has 0 bridgehead atoms. The zero-order chi connectivity index (χ0) is 13.3. The molecule has 98 valence electrons. The molecule has 0 amide bonds. The van der Waals surface area contributed by atoms with Crippen molar-refractivity contribution in [2.75, 3.05) is 18.0 Å². The Morgan fingerprint density at radius 3 is 2.72 bits per heavy atom. The number of hydrogen-bond acceptors (Lipinski definition) is 5. The average molecular weight is 271 g/mol. The third-order valence-corrected chi connectivity index (χ3v) is 4.82. The van der Waals surface area contributed by atoms with Gasteiger partial charge in [-0.3, -0.25) is 10.1 Å². The summed E-state index contributed by atoms with van der Waals surface area (Å²) in [6, 6.07) is 4.42. The predicted octanol–water partition coefficient (Wildman–Crippen LogP) is 0.713. The number of para-hydroxylation sites is 1. The maximum atomic E-state index is 11.6. The fourth-order valence-corrected chi connectivity index (χ4v) is 3.45. The van der Waals surface area contributed by atoms with Crippen LogP contribution in [-0.2, 0) is 16.6 Å². The monoisotopic (exact) mass is 271 g/mol. The molecule has 0 aromatic heterocycles. The first kappa shape index (κ1) is 12.8. The van der Waals surface area contributed by atoms with Gasteiger partial charge < -0.3 is 5.73 Å². The van der Waals surface area contributed by atoms with Crippen molar-refractivity contribution in [3.05, 3.63) is 33.9 Å². The molecule has 2 rings (SSSR count). The number of nitrogens with zero attached hydrogens (tertiary/aromatic N) is 2. The maximum absolute atomic E-state index is 11.6. The minimum absolute atomic E-state index is 0.0320. The van der Waals surface area contributed by atoms with E-state index in [9.17, 15) is 18.5 Å². The van der Waals surface area contributed by atoms with Crippen molar-refractivity contribution >= 4 is 21.4 Å². The molecule has 0 atom stereocenters. The number of nitro benzene ring substituents is 1. The van der Waals surface area contributed by atoms with Gasteiger partial charge in [0, 0.05) is 19.2 Å². The molecule has 1 aliphatic heterocycles. The Kier molecular flexibility index (Phi) is 3.22. The van der Waals surface area contributed by atoms with Crippen molar-refractivity contribution in [2.45, 2.75) is 13.0 Å². The third-order valence-electron chi connectivity index (χ3n) is 2.92. The van der Waals surface area contributed by atoms with Gasteiger partial charge in [0.2, 0.25) is 10.0 Å². The third kappa shape index (κ3) is 2.29. The summed E-state index contributed by atoms with van der Waals surface area (Å²) in [5, 5.41) is 10.7. The van der Waals surface area contributed by atoms with E-state index >= 15 is 0 Å². The van der Waals surface area contributed by atoms with Crippen LogP contribution in [0.15, 0.2) is 18.2 Å². The van der Waals surface area contributed by atoms with E-state index in [0.717, 1.165) is 0 Å². The van der Waals surface area contributed by atoms with Gasteiger partial charge in [-0.2, -0.15) is 4.31 Å². The highest BCUT2D eigenvalue weighted by molar-refractivity contribution is 7.89. The zero-order valence-corrected chi connectivity index (χ0v) is 10.4. The first-order valence-electron chi connectivity index (χ1n) is 5.41. The van der Waals surface area contributed by atoms with Crippen LogP contribution in [0.2, 0.25) is 0 Å². The van der Waals surface area contributed by atoms with Crippen LogP contribution in [0, 0.1) is 10.1 Å². The van der Waals surface area contributed by atoms with Crippen molar-refractivity contribution in [1.29, 1.82) is 0 Å². The van der Waals surface area contributed by atoms with Crippen LogP contribution < -0.4 is 5.73 Å². The summed E-state index contributed by atoms with van der Waals surface area (Å²) in [7, 11) is -3.23. The zero-order valence-electron chi connectivity index (χ0n) is 9.57.